The van der Waals surface area contributed by atoms with Gasteiger partial charge in [0, 0.05) is 20.4 Å². The summed E-state index contributed by atoms with van der Waals surface area (Å²) >= 11 is 0. The Labute approximate surface area is 76.6 Å². The van der Waals surface area contributed by atoms with Crippen molar-refractivity contribution in [3.8, 4) is 0 Å². The first-order valence-electron chi connectivity index (χ1n) is 4.10. The first-order chi connectivity index (χ1) is 6.09. The van der Waals surface area contributed by atoms with Crippen LogP contribution in [0.15, 0.2) is 0 Å². The van der Waals surface area contributed by atoms with E-state index in [2.05, 4.69) is 0 Å². The van der Waals surface area contributed by atoms with E-state index in [4.69, 9.17) is 9.47 Å². The van der Waals surface area contributed by atoms with Crippen LogP contribution >= 0.6 is 0 Å². The van der Waals surface area contributed by atoms with Gasteiger partial charge in [0.2, 0.25) is 0 Å². The van der Waals surface area contributed by atoms with E-state index in [1.807, 2.05) is 4.90 Å². The molecule has 5 nitrogen and oxygen atoms in total. The third kappa shape index (κ3) is 3.89. The van der Waals surface area contributed by atoms with Crippen LogP contribution in [0.4, 0.5) is 0 Å². The monoisotopic (exact) mass is 187 g/mol. The number of nitrogens with zero attached hydrogens (tertiary/aromatic N) is 1. The molecule has 0 aromatic carbocycles. The van der Waals surface area contributed by atoms with Crippen molar-refractivity contribution >= 4 is 11.9 Å². The molecule has 1 aliphatic heterocycles. The fourth-order valence-corrected chi connectivity index (χ4v) is 0.927. The van der Waals surface area contributed by atoms with Gasteiger partial charge in [0.15, 0.2) is 0 Å². The predicted octanol–water partition coefficient (Wildman–Crippen LogP) is -0.246. The second-order valence-corrected chi connectivity index (χ2v) is 2.99. The zero-order valence-electron chi connectivity index (χ0n) is 7.78. The number of esters is 2. The molecule has 1 aliphatic rings. The van der Waals surface area contributed by atoms with E-state index in [1.54, 1.807) is 0 Å². The highest BCUT2D eigenvalue weighted by Crippen LogP contribution is 2.16. The second-order valence-electron chi connectivity index (χ2n) is 2.99. The minimum atomic E-state index is -0.293. The summed E-state index contributed by atoms with van der Waals surface area (Å²) in [6, 6.07) is 0.225. The fourth-order valence-electron chi connectivity index (χ4n) is 0.927. The SMILES string of the molecule is CC(=O)OCC1CN1COC(C)=O. The van der Waals surface area contributed by atoms with Gasteiger partial charge in [-0.2, -0.15) is 0 Å². The van der Waals surface area contributed by atoms with Crippen molar-refractivity contribution in [3.63, 3.8) is 0 Å². The van der Waals surface area contributed by atoms with Crippen LogP contribution in [0.5, 0.6) is 0 Å². The Morgan fingerprint density at radius 3 is 2.46 bits per heavy atom. The molecule has 5 heteroatoms. The summed E-state index contributed by atoms with van der Waals surface area (Å²) in [5, 5.41) is 0. The van der Waals surface area contributed by atoms with E-state index in [-0.39, 0.29) is 18.0 Å². The van der Waals surface area contributed by atoms with E-state index in [1.165, 1.54) is 13.8 Å². The van der Waals surface area contributed by atoms with Crippen molar-refractivity contribution in [2.75, 3.05) is 19.9 Å². The summed E-state index contributed by atoms with van der Waals surface area (Å²) in [4.78, 5) is 22.7. The quantitative estimate of drug-likeness (QED) is 0.449. The molecule has 2 unspecified atom stereocenters. The number of carbonyl (C=O) groups excluding carboxylic acids is 2. The average molecular weight is 187 g/mol. The molecule has 1 fully saturated rings. The van der Waals surface area contributed by atoms with Crippen molar-refractivity contribution in [1.29, 1.82) is 0 Å². The van der Waals surface area contributed by atoms with Crippen molar-refractivity contribution in [2.24, 2.45) is 0 Å². The van der Waals surface area contributed by atoms with Crippen LogP contribution in [0.25, 0.3) is 0 Å². The number of ether oxygens (including phenoxy) is 2. The van der Waals surface area contributed by atoms with Gasteiger partial charge in [0.05, 0.1) is 6.04 Å². The topological polar surface area (TPSA) is 55.6 Å². The van der Waals surface area contributed by atoms with E-state index >= 15 is 0 Å². The van der Waals surface area contributed by atoms with Gasteiger partial charge >= 0.3 is 11.9 Å². The molecule has 0 saturated carbocycles. The summed E-state index contributed by atoms with van der Waals surface area (Å²) < 4.78 is 9.53. The molecule has 0 N–H and O–H groups in total. The fraction of sp³-hybridized carbons (Fsp3) is 0.750. The molecular weight excluding hydrogens is 174 g/mol. The largest absolute Gasteiger partial charge is 0.464 e. The van der Waals surface area contributed by atoms with Gasteiger partial charge in [0.25, 0.3) is 0 Å². The Bertz CT molecular complexity index is 194. The van der Waals surface area contributed by atoms with E-state index in [9.17, 15) is 9.59 Å². The Kier molecular flexibility index (Phi) is 3.25. The highest BCUT2D eigenvalue weighted by Gasteiger charge is 2.35. The Balaban J connectivity index is 2.02. The average Bonchev–Trinajstić information content (AvgIpc) is 2.76. The van der Waals surface area contributed by atoms with E-state index in [0.717, 1.165) is 6.54 Å². The number of hydrogen-bond acceptors (Lipinski definition) is 5. The molecule has 1 rings (SSSR count). The standard InChI is InChI=1S/C8H13NO4/c1-6(10)12-4-8-3-9(8)5-13-7(2)11/h8H,3-5H2,1-2H3. The molecule has 1 heterocycles. The first kappa shape index (κ1) is 9.98. The summed E-state index contributed by atoms with van der Waals surface area (Å²) in [7, 11) is 0. The molecule has 0 bridgehead atoms. The number of rotatable bonds is 4. The molecule has 0 spiro atoms. The lowest BCUT2D eigenvalue weighted by Gasteiger charge is -2.03. The first-order valence-corrected chi connectivity index (χ1v) is 4.10. The zero-order valence-corrected chi connectivity index (χ0v) is 7.78. The number of hydrogen-bond donors (Lipinski definition) is 0. The summed E-state index contributed by atoms with van der Waals surface area (Å²) in [5.74, 6) is -0.572. The van der Waals surface area contributed by atoms with Crippen LogP contribution in [-0.4, -0.2) is 42.8 Å². The molecule has 13 heavy (non-hydrogen) atoms. The van der Waals surface area contributed by atoms with Crippen LogP contribution in [-0.2, 0) is 19.1 Å². The van der Waals surface area contributed by atoms with Gasteiger partial charge in [-0.15, -0.1) is 0 Å². The Morgan fingerprint density at radius 2 is 1.92 bits per heavy atom. The summed E-state index contributed by atoms with van der Waals surface area (Å²) in [6.07, 6.45) is 0. The lowest BCUT2D eigenvalue weighted by Crippen LogP contribution is -2.15. The lowest BCUT2D eigenvalue weighted by atomic mass is 10.5. The number of carbonyl (C=O) groups is 2. The second kappa shape index (κ2) is 4.23. The maximum Gasteiger partial charge on any atom is 0.303 e. The van der Waals surface area contributed by atoms with Gasteiger partial charge in [-0.3, -0.25) is 14.5 Å². The van der Waals surface area contributed by atoms with Crippen LogP contribution in [0.3, 0.4) is 0 Å². The molecule has 2 atom stereocenters. The molecule has 0 radical (unpaired) electrons. The smallest absolute Gasteiger partial charge is 0.303 e. The van der Waals surface area contributed by atoms with Crippen LogP contribution in [0.1, 0.15) is 13.8 Å². The molecule has 0 amide bonds. The van der Waals surface area contributed by atoms with Crippen molar-refractivity contribution < 1.29 is 19.1 Å². The third-order valence-electron chi connectivity index (χ3n) is 1.74. The minimum Gasteiger partial charge on any atom is -0.464 e. The molecule has 0 aromatic rings. The Hall–Kier alpha value is -1.10. The molecule has 0 aromatic heterocycles. The highest BCUT2D eigenvalue weighted by atomic mass is 16.6. The summed E-state index contributed by atoms with van der Waals surface area (Å²) in [6.45, 7) is 4.24. The van der Waals surface area contributed by atoms with Crippen LogP contribution in [0.2, 0.25) is 0 Å². The zero-order chi connectivity index (χ0) is 9.84. The van der Waals surface area contributed by atoms with Gasteiger partial charge in [-0.1, -0.05) is 0 Å². The third-order valence-corrected chi connectivity index (χ3v) is 1.74. The summed E-state index contributed by atoms with van der Waals surface area (Å²) in [5.41, 5.74) is 0. The normalized spacial score (nSPS) is 25.1. The molecular formula is C8H13NO4. The maximum atomic E-state index is 10.4. The van der Waals surface area contributed by atoms with Crippen LogP contribution < -0.4 is 0 Å². The maximum absolute atomic E-state index is 10.4. The van der Waals surface area contributed by atoms with Gasteiger partial charge in [-0.05, 0) is 0 Å². The van der Waals surface area contributed by atoms with Gasteiger partial charge in [0.1, 0.15) is 13.3 Å². The van der Waals surface area contributed by atoms with Gasteiger partial charge in [-0.25, -0.2) is 0 Å². The lowest BCUT2D eigenvalue weighted by molar-refractivity contribution is -0.145. The molecule has 74 valence electrons. The van der Waals surface area contributed by atoms with Crippen molar-refractivity contribution in [3.05, 3.63) is 0 Å². The van der Waals surface area contributed by atoms with Crippen molar-refractivity contribution in [1.82, 2.24) is 4.90 Å². The minimum absolute atomic E-state index is 0.225. The van der Waals surface area contributed by atoms with Crippen molar-refractivity contribution in [2.45, 2.75) is 19.9 Å². The van der Waals surface area contributed by atoms with Crippen LogP contribution in [0, 0.1) is 0 Å². The predicted molar refractivity (Wildman–Crippen MR) is 43.8 cm³/mol. The van der Waals surface area contributed by atoms with Gasteiger partial charge < -0.3 is 9.47 Å². The molecule has 0 aliphatic carbocycles. The molecule has 1 saturated heterocycles. The van der Waals surface area contributed by atoms with E-state index in [0.29, 0.717) is 13.3 Å². The highest BCUT2D eigenvalue weighted by molar-refractivity contribution is 5.66. The Morgan fingerprint density at radius 1 is 1.31 bits per heavy atom. The van der Waals surface area contributed by atoms with E-state index < -0.39 is 0 Å².